The Morgan fingerprint density at radius 2 is 1.95 bits per heavy atom. The molecule has 0 saturated carbocycles. The topological polar surface area (TPSA) is 75.5 Å². The van der Waals surface area contributed by atoms with Crippen LogP contribution >= 0.6 is 0 Å². The molecule has 2 aromatic rings. The first-order chi connectivity index (χ1) is 10.2. The first kappa shape index (κ1) is 16.5. The molecule has 2 rings (SSSR count). The number of hydrogen-bond acceptors (Lipinski definition) is 6. The SMILES string of the molecule is Cc1cc(-c2nnc(CN(C)CC(O)C(F)(F)F)o2)c(C)o1. The van der Waals surface area contributed by atoms with E-state index in [1.807, 2.05) is 0 Å². The molecule has 6 nitrogen and oxygen atoms in total. The van der Waals surface area contributed by atoms with Gasteiger partial charge in [-0.05, 0) is 27.0 Å². The van der Waals surface area contributed by atoms with Gasteiger partial charge in [-0.1, -0.05) is 0 Å². The Balaban J connectivity index is 2.02. The lowest BCUT2D eigenvalue weighted by Crippen LogP contribution is -2.39. The van der Waals surface area contributed by atoms with Crippen LogP contribution in [0.25, 0.3) is 11.5 Å². The average molecular weight is 319 g/mol. The number of nitrogens with zero attached hydrogens (tertiary/aromatic N) is 3. The molecule has 0 spiro atoms. The Hall–Kier alpha value is -1.87. The molecule has 0 aliphatic rings. The highest BCUT2D eigenvalue weighted by Crippen LogP contribution is 2.26. The van der Waals surface area contributed by atoms with Crippen molar-refractivity contribution >= 4 is 0 Å². The molecule has 2 aromatic heterocycles. The van der Waals surface area contributed by atoms with Crippen molar-refractivity contribution in [1.82, 2.24) is 15.1 Å². The number of hydrogen-bond donors (Lipinski definition) is 1. The molecule has 0 bridgehead atoms. The van der Waals surface area contributed by atoms with Crippen molar-refractivity contribution in [2.75, 3.05) is 13.6 Å². The lowest BCUT2D eigenvalue weighted by atomic mass is 10.2. The highest BCUT2D eigenvalue weighted by atomic mass is 19.4. The molecule has 0 amide bonds. The highest BCUT2D eigenvalue weighted by Gasteiger charge is 2.38. The minimum Gasteiger partial charge on any atom is -0.466 e. The summed E-state index contributed by atoms with van der Waals surface area (Å²) in [5.74, 6) is 1.71. The molecule has 1 atom stereocenters. The third-order valence-corrected chi connectivity index (χ3v) is 3.01. The van der Waals surface area contributed by atoms with Crippen LogP contribution in [0.5, 0.6) is 0 Å². The Labute approximate surface area is 124 Å². The van der Waals surface area contributed by atoms with E-state index in [4.69, 9.17) is 13.9 Å². The van der Waals surface area contributed by atoms with Crippen molar-refractivity contribution in [1.29, 1.82) is 0 Å². The number of furan rings is 1. The summed E-state index contributed by atoms with van der Waals surface area (Å²) in [5, 5.41) is 16.7. The van der Waals surface area contributed by atoms with Gasteiger partial charge in [-0.15, -0.1) is 10.2 Å². The number of aryl methyl sites for hydroxylation is 2. The van der Waals surface area contributed by atoms with Gasteiger partial charge >= 0.3 is 6.18 Å². The van der Waals surface area contributed by atoms with E-state index in [9.17, 15) is 13.2 Å². The number of halogens is 3. The van der Waals surface area contributed by atoms with Gasteiger partial charge in [-0.25, -0.2) is 0 Å². The number of aromatic nitrogens is 2. The molecule has 1 unspecified atom stereocenters. The number of aliphatic hydroxyl groups is 1. The standard InChI is InChI=1S/C13H16F3N3O3/c1-7-4-9(8(2)21-7)12-18-17-11(22-12)6-19(3)5-10(20)13(14,15)16/h4,10,20H,5-6H2,1-3H3. The molecular weight excluding hydrogens is 303 g/mol. The molecule has 1 N–H and O–H groups in total. The smallest absolute Gasteiger partial charge is 0.415 e. The van der Waals surface area contributed by atoms with E-state index in [-0.39, 0.29) is 18.3 Å². The fraction of sp³-hybridized carbons (Fsp3) is 0.538. The lowest BCUT2D eigenvalue weighted by molar-refractivity contribution is -0.207. The fourth-order valence-electron chi connectivity index (χ4n) is 1.96. The lowest BCUT2D eigenvalue weighted by Gasteiger charge is -2.20. The quantitative estimate of drug-likeness (QED) is 0.911. The summed E-state index contributed by atoms with van der Waals surface area (Å²) in [4.78, 5) is 1.25. The van der Waals surface area contributed by atoms with Crippen molar-refractivity contribution in [2.24, 2.45) is 0 Å². The third kappa shape index (κ3) is 3.86. The summed E-state index contributed by atoms with van der Waals surface area (Å²) in [6.07, 6.45) is -7.07. The molecule has 0 aliphatic carbocycles. The summed E-state index contributed by atoms with van der Waals surface area (Å²) in [6.45, 7) is 2.94. The van der Waals surface area contributed by atoms with Gasteiger partial charge in [-0.3, -0.25) is 4.90 Å². The number of likely N-dealkylation sites (N-methyl/N-ethyl adjacent to an activating group) is 1. The molecule has 22 heavy (non-hydrogen) atoms. The van der Waals surface area contributed by atoms with E-state index in [2.05, 4.69) is 10.2 Å². The van der Waals surface area contributed by atoms with Crippen LogP contribution in [0.2, 0.25) is 0 Å². The monoisotopic (exact) mass is 319 g/mol. The van der Waals surface area contributed by atoms with Crippen LogP contribution in [0.3, 0.4) is 0 Å². The van der Waals surface area contributed by atoms with E-state index in [1.165, 1.54) is 11.9 Å². The number of rotatable bonds is 5. The Kier molecular flexibility index (Phi) is 4.57. The maximum Gasteiger partial charge on any atom is 0.415 e. The largest absolute Gasteiger partial charge is 0.466 e. The van der Waals surface area contributed by atoms with Crippen LogP contribution in [0.4, 0.5) is 13.2 Å². The maximum absolute atomic E-state index is 12.3. The van der Waals surface area contributed by atoms with E-state index in [1.54, 1.807) is 19.9 Å². The molecule has 0 radical (unpaired) electrons. The second kappa shape index (κ2) is 6.09. The van der Waals surface area contributed by atoms with Crippen LogP contribution in [0, 0.1) is 13.8 Å². The van der Waals surface area contributed by atoms with Crippen LogP contribution in [-0.4, -0.2) is 46.1 Å². The summed E-state index contributed by atoms with van der Waals surface area (Å²) < 4.78 is 47.6. The van der Waals surface area contributed by atoms with E-state index in [0.29, 0.717) is 17.1 Å². The minimum atomic E-state index is -4.65. The Morgan fingerprint density at radius 1 is 1.27 bits per heavy atom. The average Bonchev–Trinajstić information content (AvgIpc) is 2.94. The third-order valence-electron chi connectivity index (χ3n) is 3.01. The van der Waals surface area contributed by atoms with Gasteiger partial charge in [0.05, 0.1) is 12.1 Å². The Morgan fingerprint density at radius 3 is 2.50 bits per heavy atom. The molecule has 9 heteroatoms. The molecule has 122 valence electrons. The summed E-state index contributed by atoms with van der Waals surface area (Å²) in [7, 11) is 1.42. The predicted octanol–water partition coefficient (Wildman–Crippen LogP) is 2.30. The van der Waals surface area contributed by atoms with Gasteiger partial charge in [0.15, 0.2) is 6.10 Å². The molecule has 0 saturated heterocycles. The van der Waals surface area contributed by atoms with Crippen LogP contribution in [0.15, 0.2) is 14.9 Å². The van der Waals surface area contributed by atoms with Crippen molar-refractivity contribution < 1.29 is 27.1 Å². The molecule has 0 aliphatic heterocycles. The van der Waals surface area contributed by atoms with Gasteiger partial charge in [-0.2, -0.15) is 13.2 Å². The van der Waals surface area contributed by atoms with Crippen LogP contribution in [0.1, 0.15) is 17.4 Å². The number of alkyl halides is 3. The summed E-state index contributed by atoms with van der Waals surface area (Å²) >= 11 is 0. The van der Waals surface area contributed by atoms with E-state index < -0.39 is 18.8 Å². The van der Waals surface area contributed by atoms with Crippen molar-refractivity contribution in [3.63, 3.8) is 0 Å². The predicted molar refractivity (Wildman–Crippen MR) is 69.9 cm³/mol. The molecular formula is C13H16F3N3O3. The van der Waals surface area contributed by atoms with Crippen LogP contribution in [-0.2, 0) is 6.54 Å². The van der Waals surface area contributed by atoms with Gasteiger partial charge in [0.25, 0.3) is 5.89 Å². The minimum absolute atomic E-state index is 0.00395. The highest BCUT2D eigenvalue weighted by molar-refractivity contribution is 5.55. The van der Waals surface area contributed by atoms with E-state index in [0.717, 1.165) is 0 Å². The zero-order chi connectivity index (χ0) is 16.5. The zero-order valence-electron chi connectivity index (χ0n) is 12.3. The second-order valence-electron chi connectivity index (χ2n) is 5.08. The van der Waals surface area contributed by atoms with Crippen LogP contribution < -0.4 is 0 Å². The van der Waals surface area contributed by atoms with Crippen molar-refractivity contribution in [3.05, 3.63) is 23.5 Å². The van der Waals surface area contributed by atoms with Gasteiger partial charge in [0, 0.05) is 6.54 Å². The van der Waals surface area contributed by atoms with Crippen molar-refractivity contribution in [3.8, 4) is 11.5 Å². The summed E-state index contributed by atoms with van der Waals surface area (Å²) in [6, 6.07) is 1.74. The van der Waals surface area contributed by atoms with E-state index >= 15 is 0 Å². The normalized spacial score (nSPS) is 13.8. The molecule has 0 fully saturated rings. The Bertz CT molecular complexity index is 636. The summed E-state index contributed by atoms with van der Waals surface area (Å²) in [5.41, 5.74) is 0.647. The molecule has 2 heterocycles. The van der Waals surface area contributed by atoms with Gasteiger partial charge < -0.3 is 13.9 Å². The first-order valence-corrected chi connectivity index (χ1v) is 6.50. The number of aliphatic hydroxyl groups excluding tert-OH is 1. The fourth-order valence-corrected chi connectivity index (χ4v) is 1.96. The maximum atomic E-state index is 12.3. The van der Waals surface area contributed by atoms with Gasteiger partial charge in [0.1, 0.15) is 11.5 Å². The first-order valence-electron chi connectivity index (χ1n) is 6.50. The van der Waals surface area contributed by atoms with Crippen molar-refractivity contribution in [2.45, 2.75) is 32.7 Å². The van der Waals surface area contributed by atoms with Gasteiger partial charge in [0.2, 0.25) is 5.89 Å². The zero-order valence-corrected chi connectivity index (χ0v) is 12.3. The molecule has 0 aromatic carbocycles. The second-order valence-corrected chi connectivity index (χ2v) is 5.08.